The third-order valence-electron chi connectivity index (χ3n) is 6.14. The van der Waals surface area contributed by atoms with E-state index in [0.717, 1.165) is 16.9 Å². The van der Waals surface area contributed by atoms with Gasteiger partial charge in [-0.3, -0.25) is 14.4 Å². The summed E-state index contributed by atoms with van der Waals surface area (Å²) < 4.78 is 7.41. The van der Waals surface area contributed by atoms with Gasteiger partial charge in [0.05, 0.1) is 6.54 Å². The number of hydrogen-bond acceptors (Lipinski definition) is 4. The first-order valence-electron chi connectivity index (χ1n) is 11.7. The molecule has 3 aromatic carbocycles. The number of rotatable bonds is 5. The molecule has 0 saturated heterocycles. The molecule has 0 aliphatic carbocycles. The number of amides is 2. The molecule has 7 heteroatoms. The summed E-state index contributed by atoms with van der Waals surface area (Å²) in [7, 11) is 0. The van der Waals surface area contributed by atoms with Crippen molar-refractivity contribution in [2.75, 3.05) is 10.2 Å². The van der Waals surface area contributed by atoms with Gasteiger partial charge in [-0.25, -0.2) is 0 Å². The highest BCUT2D eigenvalue weighted by molar-refractivity contribution is 6.07. The molecule has 1 aliphatic heterocycles. The molecule has 1 aliphatic rings. The Morgan fingerprint density at radius 1 is 0.833 bits per heavy atom. The maximum atomic E-state index is 13.6. The van der Waals surface area contributed by atoms with Gasteiger partial charge in [-0.05, 0) is 48.0 Å². The third kappa shape index (κ3) is 4.77. The molecule has 1 atom stereocenters. The Morgan fingerprint density at radius 2 is 1.56 bits per heavy atom. The lowest BCUT2D eigenvalue weighted by molar-refractivity contribution is -0.152. The lowest BCUT2D eigenvalue weighted by Crippen LogP contribution is -2.30. The quantitative estimate of drug-likeness (QED) is 0.411. The molecule has 36 heavy (non-hydrogen) atoms. The Hall–Kier alpha value is -4.65. The average Bonchev–Trinajstić information content (AvgIpc) is 3.26. The maximum absolute atomic E-state index is 13.6. The molecule has 1 aromatic heterocycles. The fraction of sp³-hybridized carbons (Fsp3) is 0.138. The fourth-order valence-electron chi connectivity index (χ4n) is 4.39. The van der Waals surface area contributed by atoms with E-state index >= 15 is 0 Å². The molecule has 2 amide bonds. The number of ether oxygens (including phenoxy) is 1. The van der Waals surface area contributed by atoms with Gasteiger partial charge >= 0.3 is 5.97 Å². The molecule has 5 rings (SSSR count). The molecule has 1 N–H and O–H groups in total. The molecule has 0 spiro atoms. The molecule has 0 saturated carbocycles. The number of nitrogens with one attached hydrogen (secondary N) is 1. The monoisotopic (exact) mass is 479 g/mol. The zero-order valence-electron chi connectivity index (χ0n) is 19.8. The van der Waals surface area contributed by atoms with Gasteiger partial charge in [0.1, 0.15) is 0 Å². The molecule has 0 bridgehead atoms. The Bertz CT molecular complexity index is 1410. The number of carbonyl (C=O) groups is 3. The van der Waals surface area contributed by atoms with Crippen molar-refractivity contribution in [1.29, 1.82) is 0 Å². The molecule has 0 fully saturated rings. The molecular weight excluding hydrogens is 454 g/mol. The Balaban J connectivity index is 1.36. The Morgan fingerprint density at radius 3 is 2.31 bits per heavy atom. The molecular formula is C29H25N3O4. The Labute approximate surface area is 208 Å². The average molecular weight is 480 g/mol. The van der Waals surface area contributed by atoms with Gasteiger partial charge in [-0.2, -0.15) is 0 Å². The normalized spacial score (nSPS) is 13.1. The van der Waals surface area contributed by atoms with Crippen molar-refractivity contribution in [1.82, 2.24) is 4.57 Å². The summed E-state index contributed by atoms with van der Waals surface area (Å²) in [4.78, 5) is 39.8. The Kier molecular flexibility index (Phi) is 6.36. The van der Waals surface area contributed by atoms with Crippen LogP contribution in [-0.2, 0) is 27.4 Å². The van der Waals surface area contributed by atoms with E-state index < -0.39 is 18.0 Å². The number of nitrogens with zero attached hydrogens (tertiary/aromatic N) is 2. The number of para-hydroxylation sites is 1. The van der Waals surface area contributed by atoms with Crippen LogP contribution in [0.15, 0.2) is 97.2 Å². The standard InChI is InChI=1S/C29H25N3O4/c1-20(33)36-27(21-8-3-2-4-9-21)28(34)30-24-15-13-22(14-16-24)29(35)32-19-25-11-7-17-31(25)18-23-10-5-6-12-26(23)32/h2-17,27H,18-19H2,1H3,(H,30,34). The zero-order valence-corrected chi connectivity index (χ0v) is 19.8. The first kappa shape index (κ1) is 23.1. The van der Waals surface area contributed by atoms with Crippen molar-refractivity contribution in [2.45, 2.75) is 26.1 Å². The summed E-state index contributed by atoms with van der Waals surface area (Å²) in [5.41, 5.74) is 4.58. The second kappa shape index (κ2) is 9.92. The van der Waals surface area contributed by atoms with Crippen molar-refractivity contribution >= 4 is 29.2 Å². The van der Waals surface area contributed by atoms with Crippen LogP contribution in [0.25, 0.3) is 0 Å². The second-order valence-electron chi connectivity index (χ2n) is 8.61. The summed E-state index contributed by atoms with van der Waals surface area (Å²) in [6, 6.07) is 27.5. The lowest BCUT2D eigenvalue weighted by Gasteiger charge is -2.23. The predicted octanol–water partition coefficient (Wildman–Crippen LogP) is 4.94. The number of esters is 1. The van der Waals surface area contributed by atoms with E-state index in [1.807, 2.05) is 48.7 Å². The van der Waals surface area contributed by atoms with Crippen LogP contribution in [0.1, 0.15) is 40.2 Å². The topological polar surface area (TPSA) is 80.6 Å². The van der Waals surface area contributed by atoms with Crippen LogP contribution in [0, 0.1) is 0 Å². The molecule has 4 aromatic rings. The lowest BCUT2D eigenvalue weighted by atomic mass is 10.1. The smallest absolute Gasteiger partial charge is 0.303 e. The van der Waals surface area contributed by atoms with Gasteiger partial charge < -0.3 is 19.5 Å². The van der Waals surface area contributed by atoms with Gasteiger partial charge in [-0.1, -0.05) is 48.5 Å². The van der Waals surface area contributed by atoms with E-state index in [9.17, 15) is 14.4 Å². The van der Waals surface area contributed by atoms with Crippen LogP contribution in [0.5, 0.6) is 0 Å². The number of hydrogen-bond donors (Lipinski definition) is 1. The number of fused-ring (bicyclic) bond motifs is 2. The number of anilines is 2. The highest BCUT2D eigenvalue weighted by Crippen LogP contribution is 2.29. The van der Waals surface area contributed by atoms with Crippen LogP contribution >= 0.6 is 0 Å². The summed E-state index contributed by atoms with van der Waals surface area (Å²) in [5.74, 6) is -1.15. The molecule has 2 heterocycles. The van der Waals surface area contributed by atoms with Gasteiger partial charge in [-0.15, -0.1) is 0 Å². The molecule has 1 unspecified atom stereocenters. The minimum atomic E-state index is -1.07. The van der Waals surface area contributed by atoms with E-state index in [2.05, 4.69) is 9.88 Å². The van der Waals surface area contributed by atoms with Crippen molar-refractivity contribution < 1.29 is 19.1 Å². The van der Waals surface area contributed by atoms with Gasteiger partial charge in [0.15, 0.2) is 0 Å². The number of benzene rings is 3. The highest BCUT2D eigenvalue weighted by Gasteiger charge is 2.26. The van der Waals surface area contributed by atoms with Crippen LogP contribution < -0.4 is 10.2 Å². The minimum absolute atomic E-state index is 0.128. The van der Waals surface area contributed by atoms with E-state index in [1.165, 1.54) is 6.92 Å². The number of carbonyl (C=O) groups excluding carboxylic acids is 3. The van der Waals surface area contributed by atoms with Crippen LogP contribution in [0.2, 0.25) is 0 Å². The third-order valence-corrected chi connectivity index (χ3v) is 6.14. The summed E-state index contributed by atoms with van der Waals surface area (Å²) >= 11 is 0. The van der Waals surface area contributed by atoms with Gasteiger partial charge in [0, 0.05) is 47.9 Å². The van der Waals surface area contributed by atoms with Gasteiger partial charge in [0.25, 0.3) is 11.8 Å². The highest BCUT2D eigenvalue weighted by atomic mass is 16.5. The van der Waals surface area contributed by atoms with Crippen LogP contribution in [0.4, 0.5) is 11.4 Å². The SMILES string of the molecule is CC(=O)OC(C(=O)Nc1ccc(C(=O)N2Cc3cccn3Cc3ccccc32)cc1)c1ccccc1. The van der Waals surface area contributed by atoms with Crippen LogP contribution in [0.3, 0.4) is 0 Å². The maximum Gasteiger partial charge on any atom is 0.303 e. The fourth-order valence-corrected chi connectivity index (χ4v) is 4.39. The van der Waals surface area contributed by atoms with E-state index in [1.54, 1.807) is 53.4 Å². The zero-order chi connectivity index (χ0) is 25.1. The van der Waals surface area contributed by atoms with E-state index in [-0.39, 0.29) is 5.91 Å². The summed E-state index contributed by atoms with van der Waals surface area (Å²) in [6.07, 6.45) is 0.950. The first-order chi connectivity index (χ1) is 17.5. The van der Waals surface area contributed by atoms with Crippen molar-refractivity contribution in [3.8, 4) is 0 Å². The first-order valence-corrected chi connectivity index (χ1v) is 11.7. The molecule has 0 radical (unpaired) electrons. The number of aromatic nitrogens is 1. The molecule has 7 nitrogen and oxygen atoms in total. The van der Waals surface area contributed by atoms with Crippen molar-refractivity contribution in [3.05, 3.63) is 120 Å². The summed E-state index contributed by atoms with van der Waals surface area (Å²) in [5, 5.41) is 2.78. The van der Waals surface area contributed by atoms with E-state index in [0.29, 0.717) is 29.9 Å². The van der Waals surface area contributed by atoms with Gasteiger partial charge in [0.2, 0.25) is 6.10 Å². The second-order valence-corrected chi connectivity index (χ2v) is 8.61. The van der Waals surface area contributed by atoms with Crippen molar-refractivity contribution in [3.63, 3.8) is 0 Å². The largest absolute Gasteiger partial charge is 0.447 e. The van der Waals surface area contributed by atoms with Crippen molar-refractivity contribution in [2.24, 2.45) is 0 Å². The minimum Gasteiger partial charge on any atom is -0.447 e. The van der Waals surface area contributed by atoms with E-state index in [4.69, 9.17) is 4.74 Å². The predicted molar refractivity (Wildman–Crippen MR) is 137 cm³/mol. The van der Waals surface area contributed by atoms with Crippen LogP contribution in [-0.4, -0.2) is 22.4 Å². The summed E-state index contributed by atoms with van der Waals surface area (Å²) in [6.45, 7) is 2.43. The molecule has 180 valence electrons.